The molecule has 0 bridgehead atoms. The highest BCUT2D eigenvalue weighted by molar-refractivity contribution is 6.32. The molecular weight excluding hydrogens is 184 g/mol. The Morgan fingerprint density at radius 2 is 2.23 bits per heavy atom. The summed E-state index contributed by atoms with van der Waals surface area (Å²) >= 11 is 5.76. The number of hydrogen-bond donors (Lipinski definition) is 1. The molecule has 70 valence electrons. The van der Waals surface area contributed by atoms with Crippen LogP contribution >= 0.6 is 11.6 Å². The fourth-order valence-electron chi connectivity index (χ4n) is 1.06. The monoisotopic (exact) mass is 196 g/mol. The number of rotatable bonds is 3. The van der Waals surface area contributed by atoms with Crippen LogP contribution in [0.25, 0.3) is 0 Å². The van der Waals surface area contributed by atoms with Gasteiger partial charge in [-0.15, -0.1) is 6.58 Å². The Hall–Kier alpha value is -0.950. The predicted octanol–water partition coefficient (Wildman–Crippen LogP) is 3.55. The van der Waals surface area contributed by atoms with Gasteiger partial charge in [0.15, 0.2) is 0 Å². The molecule has 0 amide bonds. The van der Waals surface area contributed by atoms with Crippen molar-refractivity contribution in [2.75, 3.05) is 0 Å². The molecule has 1 aromatic carbocycles. The molecule has 0 heterocycles. The summed E-state index contributed by atoms with van der Waals surface area (Å²) in [5.41, 5.74) is 2.29. The largest absolute Gasteiger partial charge is 0.506 e. The molecule has 0 unspecified atom stereocenters. The molecule has 1 rings (SSSR count). The molecule has 1 N–H and O–H groups in total. The van der Waals surface area contributed by atoms with Crippen LogP contribution in [-0.2, 0) is 6.42 Å². The van der Waals surface area contributed by atoms with Crippen molar-refractivity contribution in [3.63, 3.8) is 0 Å². The van der Waals surface area contributed by atoms with Crippen LogP contribution < -0.4 is 0 Å². The van der Waals surface area contributed by atoms with Crippen LogP contribution in [0.5, 0.6) is 5.75 Å². The Morgan fingerprint density at radius 3 is 2.77 bits per heavy atom. The van der Waals surface area contributed by atoms with E-state index in [9.17, 15) is 5.11 Å². The number of phenolic OH excluding ortho intramolecular Hbond substituents is 1. The highest BCUT2D eigenvalue weighted by Crippen LogP contribution is 2.24. The standard InChI is InChI=1S/C11H13ClO/c1-8(2)3-4-9-5-6-11(13)10(12)7-9/h5-7,13H,1,3-4H2,2H3. The van der Waals surface area contributed by atoms with Gasteiger partial charge in [-0.3, -0.25) is 0 Å². The second-order valence-corrected chi connectivity index (χ2v) is 3.65. The van der Waals surface area contributed by atoms with Gasteiger partial charge in [0.2, 0.25) is 0 Å². The van der Waals surface area contributed by atoms with E-state index in [4.69, 9.17) is 11.6 Å². The van der Waals surface area contributed by atoms with E-state index in [2.05, 4.69) is 6.58 Å². The highest BCUT2D eigenvalue weighted by Gasteiger charge is 1.99. The van der Waals surface area contributed by atoms with Gasteiger partial charge in [-0.1, -0.05) is 23.2 Å². The summed E-state index contributed by atoms with van der Waals surface area (Å²) in [5, 5.41) is 9.59. The van der Waals surface area contributed by atoms with E-state index in [-0.39, 0.29) is 5.75 Å². The van der Waals surface area contributed by atoms with Crippen molar-refractivity contribution >= 4 is 11.6 Å². The average molecular weight is 197 g/mol. The van der Waals surface area contributed by atoms with E-state index in [1.807, 2.05) is 13.0 Å². The molecule has 1 nitrogen and oxygen atoms in total. The molecule has 0 saturated carbocycles. The van der Waals surface area contributed by atoms with Gasteiger partial charge in [0.1, 0.15) is 5.75 Å². The van der Waals surface area contributed by atoms with E-state index in [0.717, 1.165) is 24.0 Å². The van der Waals surface area contributed by atoms with Crippen molar-refractivity contribution in [2.45, 2.75) is 19.8 Å². The molecule has 0 aliphatic rings. The van der Waals surface area contributed by atoms with Gasteiger partial charge in [0, 0.05) is 0 Å². The zero-order chi connectivity index (χ0) is 9.84. The molecule has 0 aliphatic carbocycles. The Balaban J connectivity index is 2.68. The van der Waals surface area contributed by atoms with Gasteiger partial charge < -0.3 is 5.11 Å². The maximum absolute atomic E-state index is 9.17. The first-order valence-electron chi connectivity index (χ1n) is 4.21. The number of hydrogen-bond acceptors (Lipinski definition) is 1. The average Bonchev–Trinajstić information content (AvgIpc) is 2.07. The molecule has 0 fully saturated rings. The third-order valence-corrected chi connectivity index (χ3v) is 2.16. The maximum Gasteiger partial charge on any atom is 0.134 e. The second kappa shape index (κ2) is 4.33. The minimum atomic E-state index is 0.140. The molecular formula is C11H13ClO. The molecule has 0 radical (unpaired) electrons. The summed E-state index contributed by atoms with van der Waals surface area (Å²) in [4.78, 5) is 0. The summed E-state index contributed by atoms with van der Waals surface area (Å²) in [5.74, 6) is 0.140. The number of aryl methyl sites for hydroxylation is 1. The highest BCUT2D eigenvalue weighted by atomic mass is 35.5. The molecule has 13 heavy (non-hydrogen) atoms. The lowest BCUT2D eigenvalue weighted by molar-refractivity contribution is 0.475. The van der Waals surface area contributed by atoms with Gasteiger partial charge in [-0.05, 0) is 37.5 Å². The normalized spacial score (nSPS) is 10.0. The zero-order valence-corrected chi connectivity index (χ0v) is 8.43. The molecule has 0 atom stereocenters. The zero-order valence-electron chi connectivity index (χ0n) is 7.68. The number of allylic oxidation sites excluding steroid dienone is 1. The smallest absolute Gasteiger partial charge is 0.134 e. The number of phenols is 1. The Labute approximate surface area is 83.7 Å². The van der Waals surface area contributed by atoms with Gasteiger partial charge >= 0.3 is 0 Å². The summed E-state index contributed by atoms with van der Waals surface area (Å²) in [6.45, 7) is 5.83. The molecule has 2 heteroatoms. The molecule has 0 aromatic heterocycles. The van der Waals surface area contributed by atoms with E-state index in [0.29, 0.717) is 5.02 Å². The number of aromatic hydroxyl groups is 1. The first-order valence-corrected chi connectivity index (χ1v) is 4.59. The number of benzene rings is 1. The SMILES string of the molecule is C=C(C)CCc1ccc(O)c(Cl)c1. The first kappa shape index (κ1) is 10.1. The van der Waals surface area contributed by atoms with Gasteiger partial charge in [-0.25, -0.2) is 0 Å². The first-order chi connectivity index (χ1) is 6.09. The second-order valence-electron chi connectivity index (χ2n) is 3.24. The minimum absolute atomic E-state index is 0.140. The van der Waals surface area contributed by atoms with Crippen LogP contribution in [0.2, 0.25) is 5.02 Å². The lowest BCUT2D eigenvalue weighted by Crippen LogP contribution is -1.85. The van der Waals surface area contributed by atoms with Crippen molar-refractivity contribution < 1.29 is 5.11 Å². The lowest BCUT2D eigenvalue weighted by atomic mass is 10.1. The van der Waals surface area contributed by atoms with Crippen LogP contribution in [0, 0.1) is 0 Å². The summed E-state index contributed by atoms with van der Waals surface area (Å²) < 4.78 is 0. The summed E-state index contributed by atoms with van der Waals surface area (Å²) in [7, 11) is 0. The Kier molecular flexibility index (Phi) is 3.38. The van der Waals surface area contributed by atoms with Crippen LogP contribution in [-0.4, -0.2) is 5.11 Å². The van der Waals surface area contributed by atoms with Crippen molar-refractivity contribution in [3.05, 3.63) is 40.9 Å². The Bertz CT molecular complexity index is 318. The van der Waals surface area contributed by atoms with Crippen molar-refractivity contribution in [2.24, 2.45) is 0 Å². The maximum atomic E-state index is 9.17. The van der Waals surface area contributed by atoms with Crippen molar-refractivity contribution in [1.82, 2.24) is 0 Å². The van der Waals surface area contributed by atoms with Gasteiger partial charge in [-0.2, -0.15) is 0 Å². The molecule has 0 saturated heterocycles. The van der Waals surface area contributed by atoms with Crippen molar-refractivity contribution in [3.8, 4) is 5.75 Å². The van der Waals surface area contributed by atoms with E-state index >= 15 is 0 Å². The fraction of sp³-hybridized carbons (Fsp3) is 0.273. The number of halogens is 1. The fourth-order valence-corrected chi connectivity index (χ4v) is 1.27. The van der Waals surface area contributed by atoms with Crippen LogP contribution in [0.15, 0.2) is 30.4 Å². The van der Waals surface area contributed by atoms with Crippen molar-refractivity contribution in [1.29, 1.82) is 0 Å². The summed E-state index contributed by atoms with van der Waals surface area (Å²) in [6, 6.07) is 5.29. The van der Waals surface area contributed by atoms with Gasteiger partial charge in [0.05, 0.1) is 5.02 Å². The summed E-state index contributed by atoms with van der Waals surface area (Å²) in [6.07, 6.45) is 1.89. The molecule has 0 spiro atoms. The van der Waals surface area contributed by atoms with Gasteiger partial charge in [0.25, 0.3) is 0 Å². The van der Waals surface area contributed by atoms with Crippen LogP contribution in [0.4, 0.5) is 0 Å². The van der Waals surface area contributed by atoms with Crippen LogP contribution in [0.3, 0.4) is 0 Å². The van der Waals surface area contributed by atoms with Crippen LogP contribution in [0.1, 0.15) is 18.9 Å². The Morgan fingerprint density at radius 1 is 1.54 bits per heavy atom. The molecule has 0 aliphatic heterocycles. The topological polar surface area (TPSA) is 20.2 Å². The third kappa shape index (κ3) is 3.11. The van der Waals surface area contributed by atoms with E-state index < -0.39 is 0 Å². The minimum Gasteiger partial charge on any atom is -0.506 e. The van der Waals surface area contributed by atoms with E-state index in [1.165, 1.54) is 0 Å². The molecule has 1 aromatic rings. The predicted molar refractivity (Wildman–Crippen MR) is 56.3 cm³/mol. The third-order valence-electron chi connectivity index (χ3n) is 1.85. The lowest BCUT2D eigenvalue weighted by Gasteiger charge is -2.02. The van der Waals surface area contributed by atoms with E-state index in [1.54, 1.807) is 12.1 Å². The quantitative estimate of drug-likeness (QED) is 0.733.